The molecule has 2 unspecified atom stereocenters. The first-order valence-corrected chi connectivity index (χ1v) is 7.72. The smallest absolute Gasteiger partial charge is 0.151 e. The third-order valence-electron chi connectivity index (χ3n) is 3.06. The molecule has 0 aliphatic carbocycles. The van der Waals surface area contributed by atoms with E-state index in [0.29, 0.717) is 18.3 Å². The maximum Gasteiger partial charge on any atom is 0.151 e. The van der Waals surface area contributed by atoms with Gasteiger partial charge in [0.2, 0.25) is 0 Å². The second kappa shape index (κ2) is 5.98. The number of hydrogen-bond donors (Lipinski definition) is 1. The highest BCUT2D eigenvalue weighted by Crippen LogP contribution is 2.14. The second-order valence-corrected chi connectivity index (χ2v) is 7.15. The molecule has 1 heterocycles. The van der Waals surface area contributed by atoms with Crippen LogP contribution in [0, 0.1) is 5.92 Å². The molecule has 0 spiro atoms. The molecule has 1 fully saturated rings. The van der Waals surface area contributed by atoms with Crippen molar-refractivity contribution in [3.05, 3.63) is 0 Å². The van der Waals surface area contributed by atoms with Crippen LogP contribution in [0.4, 0.5) is 0 Å². The van der Waals surface area contributed by atoms with E-state index in [1.807, 2.05) is 0 Å². The lowest BCUT2D eigenvalue weighted by Crippen LogP contribution is -2.48. The van der Waals surface area contributed by atoms with Crippen molar-refractivity contribution in [2.75, 3.05) is 25.2 Å². The van der Waals surface area contributed by atoms with Gasteiger partial charge in [-0.15, -0.1) is 0 Å². The summed E-state index contributed by atoms with van der Waals surface area (Å²) < 4.78 is 28.1. The largest absolute Gasteiger partial charge is 0.383 e. The predicted molar refractivity (Wildman–Crippen MR) is 65.3 cm³/mol. The molecule has 0 amide bonds. The summed E-state index contributed by atoms with van der Waals surface area (Å²) in [5.74, 6) is 1.08. The average molecular weight is 249 g/mol. The number of methoxy groups -OCH3 is 1. The zero-order valence-corrected chi connectivity index (χ0v) is 11.2. The van der Waals surface area contributed by atoms with Gasteiger partial charge in [0.15, 0.2) is 9.84 Å². The number of rotatable bonds is 5. The lowest BCUT2D eigenvalue weighted by molar-refractivity contribution is 0.140. The highest BCUT2D eigenvalue weighted by atomic mass is 32.2. The Morgan fingerprint density at radius 2 is 2.12 bits per heavy atom. The first-order valence-electron chi connectivity index (χ1n) is 5.90. The summed E-state index contributed by atoms with van der Waals surface area (Å²) in [5.41, 5.74) is 0. The monoisotopic (exact) mass is 249 g/mol. The van der Waals surface area contributed by atoms with E-state index in [2.05, 4.69) is 19.2 Å². The molecule has 0 aromatic rings. The van der Waals surface area contributed by atoms with Gasteiger partial charge in [-0.2, -0.15) is 0 Å². The lowest BCUT2D eigenvalue weighted by atomic mass is 10.0. The van der Waals surface area contributed by atoms with Crippen LogP contribution in [0.5, 0.6) is 0 Å². The topological polar surface area (TPSA) is 55.4 Å². The van der Waals surface area contributed by atoms with Crippen molar-refractivity contribution in [1.29, 1.82) is 0 Å². The van der Waals surface area contributed by atoms with Gasteiger partial charge in [0.25, 0.3) is 0 Å². The van der Waals surface area contributed by atoms with Crippen LogP contribution in [-0.4, -0.2) is 45.7 Å². The van der Waals surface area contributed by atoms with Gasteiger partial charge in [0.1, 0.15) is 0 Å². The first kappa shape index (κ1) is 13.9. The molecule has 1 aliphatic rings. The molecule has 96 valence electrons. The zero-order chi connectivity index (χ0) is 12.2. The van der Waals surface area contributed by atoms with E-state index < -0.39 is 9.84 Å². The molecule has 1 N–H and O–H groups in total. The van der Waals surface area contributed by atoms with Crippen molar-refractivity contribution < 1.29 is 13.2 Å². The number of ether oxygens (including phenoxy) is 1. The molecule has 5 heteroatoms. The molecular weight excluding hydrogens is 226 g/mol. The SMILES string of the molecule is COCC(NC1CCCS(=O)(=O)C1)C(C)C. The summed E-state index contributed by atoms with van der Waals surface area (Å²) in [6.07, 6.45) is 1.73. The fourth-order valence-corrected chi connectivity index (χ4v) is 3.72. The Bertz CT molecular complexity index is 300. The maximum atomic E-state index is 11.5. The minimum Gasteiger partial charge on any atom is -0.383 e. The van der Waals surface area contributed by atoms with Crippen LogP contribution in [-0.2, 0) is 14.6 Å². The van der Waals surface area contributed by atoms with E-state index in [-0.39, 0.29) is 17.8 Å². The van der Waals surface area contributed by atoms with Gasteiger partial charge in [-0.3, -0.25) is 0 Å². The van der Waals surface area contributed by atoms with Crippen molar-refractivity contribution in [3.63, 3.8) is 0 Å². The lowest BCUT2D eigenvalue weighted by Gasteiger charge is -2.30. The minimum absolute atomic E-state index is 0.0984. The van der Waals surface area contributed by atoms with Crippen molar-refractivity contribution in [3.8, 4) is 0 Å². The van der Waals surface area contributed by atoms with E-state index in [4.69, 9.17) is 4.74 Å². The van der Waals surface area contributed by atoms with E-state index >= 15 is 0 Å². The standard InChI is InChI=1S/C11H23NO3S/c1-9(2)11(7-15-3)12-10-5-4-6-16(13,14)8-10/h9-12H,4-8H2,1-3H3. The molecule has 4 nitrogen and oxygen atoms in total. The van der Waals surface area contributed by atoms with Crippen molar-refractivity contribution in [2.24, 2.45) is 5.92 Å². The Labute approximate surface area is 98.7 Å². The summed E-state index contributed by atoms with van der Waals surface area (Å²) in [6, 6.07) is 0.338. The fourth-order valence-electron chi connectivity index (χ4n) is 2.07. The third-order valence-corrected chi connectivity index (χ3v) is 4.88. The molecule has 0 radical (unpaired) electrons. The van der Waals surface area contributed by atoms with Crippen LogP contribution in [0.15, 0.2) is 0 Å². The van der Waals surface area contributed by atoms with Crippen LogP contribution in [0.2, 0.25) is 0 Å². The summed E-state index contributed by atoms with van der Waals surface area (Å²) in [5, 5.41) is 3.41. The van der Waals surface area contributed by atoms with E-state index in [0.717, 1.165) is 12.8 Å². The van der Waals surface area contributed by atoms with E-state index in [1.54, 1.807) is 7.11 Å². The van der Waals surface area contributed by atoms with Crippen LogP contribution in [0.3, 0.4) is 0 Å². The van der Waals surface area contributed by atoms with Gasteiger partial charge in [-0.25, -0.2) is 8.42 Å². The van der Waals surface area contributed by atoms with Crippen LogP contribution in [0.25, 0.3) is 0 Å². The third kappa shape index (κ3) is 4.39. The fraction of sp³-hybridized carbons (Fsp3) is 1.00. The Morgan fingerprint density at radius 3 is 2.62 bits per heavy atom. The van der Waals surface area contributed by atoms with Crippen molar-refractivity contribution >= 4 is 9.84 Å². The first-order chi connectivity index (χ1) is 7.44. The normalized spacial score (nSPS) is 26.9. The Morgan fingerprint density at radius 1 is 1.44 bits per heavy atom. The van der Waals surface area contributed by atoms with Gasteiger partial charge >= 0.3 is 0 Å². The molecule has 2 atom stereocenters. The van der Waals surface area contributed by atoms with Gasteiger partial charge in [0, 0.05) is 19.2 Å². The second-order valence-electron chi connectivity index (χ2n) is 4.93. The molecule has 0 saturated carbocycles. The Kier molecular flexibility index (Phi) is 5.21. The van der Waals surface area contributed by atoms with Crippen molar-refractivity contribution in [2.45, 2.75) is 38.8 Å². The van der Waals surface area contributed by atoms with Crippen LogP contribution >= 0.6 is 0 Å². The number of hydrogen-bond acceptors (Lipinski definition) is 4. The molecular formula is C11H23NO3S. The predicted octanol–water partition coefficient (Wildman–Crippen LogP) is 0.824. The highest BCUT2D eigenvalue weighted by molar-refractivity contribution is 7.91. The molecule has 1 saturated heterocycles. The number of nitrogens with one attached hydrogen (secondary N) is 1. The van der Waals surface area contributed by atoms with E-state index in [9.17, 15) is 8.42 Å². The molecule has 0 bridgehead atoms. The number of sulfone groups is 1. The van der Waals surface area contributed by atoms with Gasteiger partial charge in [-0.1, -0.05) is 13.8 Å². The average Bonchev–Trinajstić information content (AvgIpc) is 2.15. The Balaban J connectivity index is 2.51. The molecule has 16 heavy (non-hydrogen) atoms. The highest BCUT2D eigenvalue weighted by Gasteiger charge is 2.27. The quantitative estimate of drug-likeness (QED) is 0.784. The zero-order valence-electron chi connectivity index (χ0n) is 10.4. The van der Waals surface area contributed by atoms with E-state index in [1.165, 1.54) is 0 Å². The summed E-state index contributed by atoms with van der Waals surface area (Å²) in [4.78, 5) is 0. The maximum absolute atomic E-state index is 11.5. The molecule has 1 aliphatic heterocycles. The van der Waals surface area contributed by atoms with Crippen LogP contribution < -0.4 is 5.32 Å². The summed E-state index contributed by atoms with van der Waals surface area (Å²) in [6.45, 7) is 4.87. The van der Waals surface area contributed by atoms with Gasteiger partial charge in [-0.05, 0) is 18.8 Å². The summed E-state index contributed by atoms with van der Waals surface area (Å²) in [7, 11) is -1.15. The van der Waals surface area contributed by atoms with Crippen LogP contribution in [0.1, 0.15) is 26.7 Å². The molecule has 1 rings (SSSR count). The Hall–Kier alpha value is -0.130. The molecule has 0 aromatic carbocycles. The van der Waals surface area contributed by atoms with Gasteiger partial charge < -0.3 is 10.1 Å². The molecule has 0 aromatic heterocycles. The van der Waals surface area contributed by atoms with Gasteiger partial charge in [0.05, 0.1) is 18.1 Å². The summed E-state index contributed by atoms with van der Waals surface area (Å²) >= 11 is 0. The van der Waals surface area contributed by atoms with Crippen molar-refractivity contribution in [1.82, 2.24) is 5.32 Å². The minimum atomic E-state index is -2.82.